The number of carbonyl (C=O) groups is 2. The van der Waals surface area contributed by atoms with Gasteiger partial charge in [0.15, 0.2) is 0 Å². The second-order valence-corrected chi connectivity index (χ2v) is 9.30. The van der Waals surface area contributed by atoms with Crippen molar-refractivity contribution in [1.29, 1.82) is 0 Å². The third-order valence-electron chi connectivity index (χ3n) is 4.98. The van der Waals surface area contributed by atoms with Crippen LogP contribution in [0.5, 0.6) is 5.75 Å². The van der Waals surface area contributed by atoms with Crippen LogP contribution in [0.4, 0.5) is 17.1 Å². The first kappa shape index (κ1) is 22.6. The molecule has 0 bridgehead atoms. The van der Waals surface area contributed by atoms with Gasteiger partial charge in [0.25, 0.3) is 0 Å². The first-order valence-corrected chi connectivity index (χ1v) is 12.0. The molecule has 1 heterocycles. The van der Waals surface area contributed by atoms with Crippen molar-refractivity contribution in [3.05, 3.63) is 48.0 Å². The van der Waals surface area contributed by atoms with E-state index >= 15 is 0 Å². The second kappa shape index (κ2) is 9.38. The van der Waals surface area contributed by atoms with Gasteiger partial charge in [-0.15, -0.1) is 0 Å². The van der Waals surface area contributed by atoms with E-state index in [1.165, 1.54) is 0 Å². The zero-order valence-corrected chi connectivity index (χ0v) is 18.7. The molecule has 2 aromatic carbocycles. The molecule has 1 aliphatic rings. The maximum Gasteiger partial charge on any atom is 0.245 e. The fraction of sp³-hybridized carbons (Fsp3) is 0.364. The van der Waals surface area contributed by atoms with E-state index in [9.17, 15) is 18.0 Å². The second-order valence-electron chi connectivity index (χ2n) is 7.39. The number of ether oxygens (including phenoxy) is 1. The molecule has 2 aromatic rings. The number of rotatable bonds is 8. The Labute approximate surface area is 182 Å². The highest BCUT2D eigenvalue weighted by molar-refractivity contribution is 7.92. The molecule has 1 aliphatic heterocycles. The largest absolute Gasteiger partial charge is 0.494 e. The molecule has 0 spiro atoms. The zero-order chi connectivity index (χ0) is 22.6. The van der Waals surface area contributed by atoms with E-state index in [0.717, 1.165) is 28.2 Å². The Morgan fingerprint density at radius 3 is 2.48 bits per heavy atom. The predicted molar refractivity (Wildman–Crippen MR) is 121 cm³/mol. The smallest absolute Gasteiger partial charge is 0.245 e. The molecule has 1 fully saturated rings. The minimum atomic E-state index is -3.69. The van der Waals surface area contributed by atoms with E-state index in [4.69, 9.17) is 4.74 Å². The minimum Gasteiger partial charge on any atom is -0.494 e. The monoisotopic (exact) mass is 445 g/mol. The molecule has 0 aliphatic carbocycles. The van der Waals surface area contributed by atoms with Crippen molar-refractivity contribution in [2.24, 2.45) is 0 Å². The molecule has 2 amide bonds. The van der Waals surface area contributed by atoms with Crippen LogP contribution in [0.15, 0.2) is 42.5 Å². The van der Waals surface area contributed by atoms with Crippen LogP contribution in [0.2, 0.25) is 0 Å². The van der Waals surface area contributed by atoms with E-state index in [1.807, 2.05) is 19.9 Å². The van der Waals surface area contributed by atoms with Crippen LogP contribution in [0, 0.1) is 6.92 Å². The summed E-state index contributed by atoms with van der Waals surface area (Å²) in [5, 5.41) is 2.74. The van der Waals surface area contributed by atoms with Crippen molar-refractivity contribution in [1.82, 2.24) is 0 Å². The lowest BCUT2D eigenvalue weighted by atomic mass is 10.1. The topological polar surface area (TPSA) is 96.0 Å². The summed E-state index contributed by atoms with van der Waals surface area (Å²) in [6.07, 6.45) is 2.38. The number of benzene rings is 2. The first-order chi connectivity index (χ1) is 14.7. The molecule has 3 rings (SSSR count). The van der Waals surface area contributed by atoms with Gasteiger partial charge in [0.05, 0.1) is 18.6 Å². The SMILES string of the molecule is CCOc1ccc(N(CC(=O)Nc2ccc(C)c(N3CCCC3=O)c2)S(C)(=O)=O)cc1. The number of nitrogens with zero attached hydrogens (tertiary/aromatic N) is 2. The molecule has 1 N–H and O–H groups in total. The van der Waals surface area contributed by atoms with Crippen molar-refractivity contribution >= 4 is 38.9 Å². The number of hydrogen-bond donors (Lipinski definition) is 1. The van der Waals surface area contributed by atoms with Gasteiger partial charge in [0, 0.05) is 24.3 Å². The molecular formula is C22H27N3O5S. The first-order valence-electron chi connectivity index (χ1n) is 10.1. The van der Waals surface area contributed by atoms with Crippen molar-refractivity contribution in [2.75, 3.05) is 40.5 Å². The number of sulfonamides is 1. The van der Waals surface area contributed by atoms with Gasteiger partial charge in [0.2, 0.25) is 21.8 Å². The highest BCUT2D eigenvalue weighted by Gasteiger charge is 2.24. The molecule has 0 atom stereocenters. The average molecular weight is 446 g/mol. The number of aryl methyl sites for hydroxylation is 1. The lowest BCUT2D eigenvalue weighted by Gasteiger charge is -2.23. The van der Waals surface area contributed by atoms with Gasteiger partial charge in [-0.05, 0) is 62.2 Å². The van der Waals surface area contributed by atoms with Crippen molar-refractivity contribution in [3.8, 4) is 5.75 Å². The molecule has 0 aromatic heterocycles. The van der Waals surface area contributed by atoms with Crippen LogP contribution in [-0.2, 0) is 19.6 Å². The molecule has 31 heavy (non-hydrogen) atoms. The Hall–Kier alpha value is -3.07. The lowest BCUT2D eigenvalue weighted by molar-refractivity contribution is -0.117. The Bertz CT molecular complexity index is 1070. The maximum atomic E-state index is 12.7. The summed E-state index contributed by atoms with van der Waals surface area (Å²) in [5.74, 6) is 0.194. The van der Waals surface area contributed by atoms with Crippen LogP contribution < -0.4 is 19.3 Å². The van der Waals surface area contributed by atoms with Crippen LogP contribution in [0.3, 0.4) is 0 Å². The summed E-state index contributed by atoms with van der Waals surface area (Å²) in [6, 6.07) is 11.8. The molecule has 0 unspecified atom stereocenters. The fourth-order valence-electron chi connectivity index (χ4n) is 3.49. The van der Waals surface area contributed by atoms with E-state index in [-0.39, 0.29) is 12.5 Å². The summed E-state index contributed by atoms with van der Waals surface area (Å²) in [4.78, 5) is 26.5. The van der Waals surface area contributed by atoms with E-state index in [2.05, 4.69) is 5.32 Å². The van der Waals surface area contributed by atoms with E-state index in [0.29, 0.717) is 36.7 Å². The van der Waals surface area contributed by atoms with Gasteiger partial charge >= 0.3 is 0 Å². The minimum absolute atomic E-state index is 0.0605. The zero-order valence-electron chi connectivity index (χ0n) is 17.9. The van der Waals surface area contributed by atoms with Crippen molar-refractivity contribution in [2.45, 2.75) is 26.7 Å². The Balaban J connectivity index is 1.76. The standard InChI is InChI=1S/C22H27N3O5S/c1-4-30-19-11-9-18(10-12-19)25(31(3,28)29)15-21(26)23-17-8-7-16(2)20(14-17)24-13-5-6-22(24)27/h7-12,14H,4-6,13,15H2,1-3H3,(H,23,26). The molecule has 8 nitrogen and oxygen atoms in total. The normalized spacial score (nSPS) is 13.9. The van der Waals surface area contributed by atoms with Crippen LogP contribution in [0.25, 0.3) is 0 Å². The predicted octanol–water partition coefficient (Wildman–Crippen LogP) is 2.93. The summed E-state index contributed by atoms with van der Waals surface area (Å²) in [6.45, 7) is 4.54. The quantitative estimate of drug-likeness (QED) is 0.674. The Kier molecular flexibility index (Phi) is 6.84. The Morgan fingerprint density at radius 1 is 1.19 bits per heavy atom. The maximum absolute atomic E-state index is 12.7. The average Bonchev–Trinajstić information content (AvgIpc) is 3.13. The van der Waals surface area contributed by atoms with Gasteiger partial charge < -0.3 is 15.0 Å². The van der Waals surface area contributed by atoms with Crippen molar-refractivity contribution in [3.63, 3.8) is 0 Å². The number of nitrogens with one attached hydrogen (secondary N) is 1. The molecule has 9 heteroatoms. The summed E-state index contributed by atoms with van der Waals surface area (Å²) in [7, 11) is -3.69. The van der Waals surface area contributed by atoms with Crippen LogP contribution >= 0.6 is 0 Å². The van der Waals surface area contributed by atoms with E-state index < -0.39 is 15.9 Å². The van der Waals surface area contributed by atoms with E-state index in [1.54, 1.807) is 41.3 Å². The highest BCUT2D eigenvalue weighted by atomic mass is 32.2. The molecular weight excluding hydrogens is 418 g/mol. The van der Waals surface area contributed by atoms with Gasteiger partial charge in [-0.2, -0.15) is 0 Å². The van der Waals surface area contributed by atoms with Crippen molar-refractivity contribution < 1.29 is 22.7 Å². The van der Waals surface area contributed by atoms with Crippen LogP contribution in [0.1, 0.15) is 25.3 Å². The summed E-state index contributed by atoms with van der Waals surface area (Å²) in [5.41, 5.74) is 2.56. The number of hydrogen-bond acceptors (Lipinski definition) is 5. The van der Waals surface area contributed by atoms with Gasteiger partial charge in [-0.1, -0.05) is 6.07 Å². The number of amides is 2. The molecule has 1 saturated heterocycles. The number of carbonyl (C=O) groups excluding carboxylic acids is 2. The fourth-order valence-corrected chi connectivity index (χ4v) is 4.34. The van der Waals surface area contributed by atoms with Gasteiger partial charge in [-0.3, -0.25) is 13.9 Å². The Morgan fingerprint density at radius 2 is 1.90 bits per heavy atom. The number of anilines is 3. The van der Waals surface area contributed by atoms with Gasteiger partial charge in [0.1, 0.15) is 12.3 Å². The summed E-state index contributed by atoms with van der Waals surface area (Å²) < 4.78 is 31.0. The third kappa shape index (κ3) is 5.55. The highest BCUT2D eigenvalue weighted by Crippen LogP contribution is 2.28. The van der Waals surface area contributed by atoms with Gasteiger partial charge in [-0.25, -0.2) is 8.42 Å². The summed E-state index contributed by atoms with van der Waals surface area (Å²) >= 11 is 0. The van der Waals surface area contributed by atoms with Crippen LogP contribution in [-0.4, -0.2) is 46.2 Å². The third-order valence-corrected chi connectivity index (χ3v) is 6.12. The molecule has 166 valence electrons. The molecule has 0 saturated carbocycles. The lowest BCUT2D eigenvalue weighted by Crippen LogP contribution is -2.37. The molecule has 0 radical (unpaired) electrons.